The van der Waals surface area contributed by atoms with Gasteiger partial charge in [0.05, 0.1) is 12.6 Å². The molecule has 3 atom stereocenters. The largest absolute Gasteiger partial charge is 0.341 e. The van der Waals surface area contributed by atoms with E-state index < -0.39 is 0 Å². The van der Waals surface area contributed by atoms with E-state index in [0.29, 0.717) is 24.1 Å². The minimum Gasteiger partial charge on any atom is -0.341 e. The highest BCUT2D eigenvalue weighted by Gasteiger charge is 2.29. The van der Waals surface area contributed by atoms with Crippen LogP contribution in [0, 0.1) is 17.7 Å². The first-order valence-corrected chi connectivity index (χ1v) is 10.6. The topological polar surface area (TPSA) is 55.9 Å². The van der Waals surface area contributed by atoms with Crippen molar-refractivity contribution in [1.82, 2.24) is 14.7 Å². The standard InChI is InChI=1S/C22H33FN4O2/c1-16-11-17(2)14-27(13-16)21(28)15-25-7-9-26(10-8-25)18(3)22(29)24-20-6-4-5-19(23)12-20/h4-6,12,16-18H,7-11,13-15H2,1-3H3,(H,24,29)/t16-,17+,18-/m1/s1. The first-order chi connectivity index (χ1) is 13.8. The van der Waals surface area contributed by atoms with Crippen LogP contribution in [-0.4, -0.2) is 78.4 Å². The van der Waals surface area contributed by atoms with Crippen LogP contribution in [0.15, 0.2) is 24.3 Å². The number of nitrogens with one attached hydrogen (secondary N) is 1. The molecule has 6 nitrogen and oxygen atoms in total. The molecule has 0 radical (unpaired) electrons. The second-order valence-corrected chi connectivity index (χ2v) is 8.73. The van der Waals surface area contributed by atoms with Crippen LogP contribution in [0.4, 0.5) is 10.1 Å². The second kappa shape index (κ2) is 9.67. The van der Waals surface area contributed by atoms with E-state index in [1.807, 2.05) is 11.8 Å². The van der Waals surface area contributed by atoms with Crippen LogP contribution in [0.2, 0.25) is 0 Å². The number of benzene rings is 1. The number of piperazine rings is 1. The molecule has 0 saturated carbocycles. The van der Waals surface area contributed by atoms with Gasteiger partial charge in [-0.05, 0) is 43.4 Å². The molecule has 2 fully saturated rings. The van der Waals surface area contributed by atoms with Crippen LogP contribution in [0.5, 0.6) is 0 Å². The molecule has 0 spiro atoms. The quantitative estimate of drug-likeness (QED) is 0.818. The highest BCUT2D eigenvalue weighted by Crippen LogP contribution is 2.21. The Kier molecular flexibility index (Phi) is 7.24. The number of halogens is 1. The van der Waals surface area contributed by atoms with Gasteiger partial charge >= 0.3 is 0 Å². The number of carbonyl (C=O) groups excluding carboxylic acids is 2. The zero-order chi connectivity index (χ0) is 21.0. The van der Waals surface area contributed by atoms with Gasteiger partial charge in [0.1, 0.15) is 5.82 Å². The van der Waals surface area contributed by atoms with Crippen LogP contribution in [0.25, 0.3) is 0 Å². The molecule has 1 N–H and O–H groups in total. The molecule has 0 bridgehead atoms. The van der Waals surface area contributed by atoms with Crippen molar-refractivity contribution >= 4 is 17.5 Å². The highest BCUT2D eigenvalue weighted by atomic mass is 19.1. The van der Waals surface area contributed by atoms with Crippen molar-refractivity contribution in [2.45, 2.75) is 33.2 Å². The summed E-state index contributed by atoms with van der Waals surface area (Å²) >= 11 is 0. The zero-order valence-electron chi connectivity index (χ0n) is 17.7. The van der Waals surface area contributed by atoms with E-state index in [1.54, 1.807) is 12.1 Å². The summed E-state index contributed by atoms with van der Waals surface area (Å²) in [6.45, 7) is 11.5. The average Bonchev–Trinajstić information content (AvgIpc) is 2.67. The molecule has 29 heavy (non-hydrogen) atoms. The molecule has 2 aliphatic rings. The van der Waals surface area contributed by atoms with Crippen molar-refractivity contribution < 1.29 is 14.0 Å². The third kappa shape index (κ3) is 6.00. The third-order valence-electron chi connectivity index (χ3n) is 6.01. The van der Waals surface area contributed by atoms with Gasteiger partial charge in [-0.3, -0.25) is 19.4 Å². The van der Waals surface area contributed by atoms with E-state index in [1.165, 1.54) is 18.6 Å². The average molecular weight is 405 g/mol. The second-order valence-electron chi connectivity index (χ2n) is 8.73. The molecule has 0 aliphatic carbocycles. The molecule has 0 aromatic heterocycles. The molecular formula is C22H33FN4O2. The fourth-order valence-electron chi connectivity index (χ4n) is 4.45. The normalized spacial score (nSPS) is 24.9. The van der Waals surface area contributed by atoms with E-state index in [0.717, 1.165) is 39.3 Å². The number of hydrogen-bond donors (Lipinski definition) is 1. The van der Waals surface area contributed by atoms with Crippen LogP contribution >= 0.6 is 0 Å². The fourth-order valence-corrected chi connectivity index (χ4v) is 4.45. The van der Waals surface area contributed by atoms with E-state index >= 15 is 0 Å². The lowest BCUT2D eigenvalue weighted by molar-refractivity contribution is -0.136. The Hall–Kier alpha value is -1.99. The molecule has 7 heteroatoms. The summed E-state index contributed by atoms with van der Waals surface area (Å²) < 4.78 is 13.3. The van der Waals surface area contributed by atoms with Gasteiger partial charge in [-0.15, -0.1) is 0 Å². The van der Waals surface area contributed by atoms with Crippen molar-refractivity contribution in [3.63, 3.8) is 0 Å². The van der Waals surface area contributed by atoms with Crippen molar-refractivity contribution in [3.8, 4) is 0 Å². The van der Waals surface area contributed by atoms with Crippen molar-refractivity contribution in [2.24, 2.45) is 11.8 Å². The van der Waals surface area contributed by atoms with Gasteiger partial charge in [-0.2, -0.15) is 0 Å². The SMILES string of the molecule is C[C@@H]1C[C@H](C)CN(C(=O)CN2CCN([C@H](C)C(=O)Nc3cccc(F)c3)CC2)C1. The molecule has 1 aromatic rings. The lowest BCUT2D eigenvalue weighted by Gasteiger charge is -2.39. The summed E-state index contributed by atoms with van der Waals surface area (Å²) in [6.07, 6.45) is 1.19. The number of piperidine rings is 1. The van der Waals surface area contributed by atoms with Gasteiger partial charge in [-0.1, -0.05) is 19.9 Å². The Morgan fingerprint density at radius 1 is 1.14 bits per heavy atom. The first-order valence-electron chi connectivity index (χ1n) is 10.6. The minimum atomic E-state index is -0.369. The maximum atomic E-state index is 13.3. The molecule has 1 aromatic carbocycles. The number of hydrogen-bond acceptors (Lipinski definition) is 4. The summed E-state index contributed by atoms with van der Waals surface area (Å²) in [7, 11) is 0. The van der Waals surface area contributed by atoms with Gasteiger partial charge in [0.15, 0.2) is 0 Å². The van der Waals surface area contributed by atoms with Crippen molar-refractivity contribution in [2.75, 3.05) is 51.1 Å². The van der Waals surface area contributed by atoms with Crippen molar-refractivity contribution in [3.05, 3.63) is 30.1 Å². The molecule has 3 rings (SSSR count). The van der Waals surface area contributed by atoms with Gasteiger partial charge in [0.25, 0.3) is 0 Å². The molecule has 2 amide bonds. The van der Waals surface area contributed by atoms with Crippen LogP contribution in [-0.2, 0) is 9.59 Å². The van der Waals surface area contributed by atoms with Gasteiger partial charge < -0.3 is 10.2 Å². The molecular weight excluding hydrogens is 371 g/mol. The third-order valence-corrected chi connectivity index (χ3v) is 6.01. The fraction of sp³-hybridized carbons (Fsp3) is 0.636. The number of rotatable bonds is 5. The highest BCUT2D eigenvalue weighted by molar-refractivity contribution is 5.94. The molecule has 2 saturated heterocycles. The zero-order valence-corrected chi connectivity index (χ0v) is 17.7. The van der Waals surface area contributed by atoms with Gasteiger partial charge in [0, 0.05) is 45.0 Å². The van der Waals surface area contributed by atoms with Crippen LogP contribution in [0.3, 0.4) is 0 Å². The Morgan fingerprint density at radius 2 is 1.79 bits per heavy atom. The maximum Gasteiger partial charge on any atom is 0.241 e. The molecule has 0 unspecified atom stereocenters. The number of carbonyl (C=O) groups is 2. The maximum absolute atomic E-state index is 13.3. The van der Waals surface area contributed by atoms with E-state index in [2.05, 4.69) is 29.0 Å². The minimum absolute atomic E-state index is 0.142. The van der Waals surface area contributed by atoms with Gasteiger partial charge in [-0.25, -0.2) is 4.39 Å². The molecule has 2 heterocycles. The van der Waals surface area contributed by atoms with E-state index in [9.17, 15) is 14.0 Å². The number of anilines is 1. The Balaban J connectivity index is 1.44. The van der Waals surface area contributed by atoms with E-state index in [-0.39, 0.29) is 23.7 Å². The summed E-state index contributed by atoms with van der Waals surface area (Å²) in [5.41, 5.74) is 0.469. The predicted octanol–water partition coefficient (Wildman–Crippen LogP) is 2.27. The van der Waals surface area contributed by atoms with Crippen molar-refractivity contribution in [1.29, 1.82) is 0 Å². The molecule has 2 aliphatic heterocycles. The Morgan fingerprint density at radius 3 is 2.41 bits per heavy atom. The molecule has 160 valence electrons. The number of likely N-dealkylation sites (tertiary alicyclic amines) is 1. The summed E-state index contributed by atoms with van der Waals surface area (Å²) in [5, 5.41) is 2.78. The number of amides is 2. The smallest absolute Gasteiger partial charge is 0.241 e. The Labute approximate surface area is 173 Å². The predicted molar refractivity (Wildman–Crippen MR) is 112 cm³/mol. The monoisotopic (exact) mass is 404 g/mol. The van der Waals surface area contributed by atoms with Gasteiger partial charge in [0.2, 0.25) is 11.8 Å². The Bertz CT molecular complexity index is 711. The summed E-state index contributed by atoms with van der Waals surface area (Å²) in [5.74, 6) is 0.838. The first kappa shape index (κ1) is 21.7. The lowest BCUT2D eigenvalue weighted by atomic mass is 9.92. The number of nitrogens with zero attached hydrogens (tertiary/aromatic N) is 3. The van der Waals surface area contributed by atoms with Crippen LogP contribution in [0.1, 0.15) is 27.2 Å². The lowest BCUT2D eigenvalue weighted by Crippen LogP contribution is -2.55. The summed E-state index contributed by atoms with van der Waals surface area (Å²) in [4.78, 5) is 31.5. The van der Waals surface area contributed by atoms with E-state index in [4.69, 9.17) is 0 Å². The van der Waals surface area contributed by atoms with Crippen LogP contribution < -0.4 is 5.32 Å². The summed E-state index contributed by atoms with van der Waals surface area (Å²) in [6, 6.07) is 5.62.